The van der Waals surface area contributed by atoms with Crippen LogP contribution in [0.1, 0.15) is 46.4 Å². The summed E-state index contributed by atoms with van der Waals surface area (Å²) in [4.78, 5) is 26.0. The van der Waals surface area contributed by atoms with Crippen LogP contribution >= 0.6 is 0 Å². The highest BCUT2D eigenvalue weighted by Crippen LogP contribution is 2.51. The number of amides is 1. The lowest BCUT2D eigenvalue weighted by Gasteiger charge is -2.44. The van der Waals surface area contributed by atoms with Crippen molar-refractivity contribution in [2.24, 2.45) is 23.7 Å². The first kappa shape index (κ1) is 15.8. The Morgan fingerprint density at radius 1 is 1.08 bits per heavy atom. The second kappa shape index (κ2) is 6.01. The van der Waals surface area contributed by atoms with E-state index in [4.69, 9.17) is 0 Å². The van der Waals surface area contributed by atoms with Crippen molar-refractivity contribution < 1.29 is 19.6 Å². The lowest BCUT2D eigenvalue weighted by atomic mass is 9.60. The highest BCUT2D eigenvalue weighted by atomic mass is 16.4. The number of carbonyl (C=O) groups is 2. The van der Waals surface area contributed by atoms with Crippen LogP contribution in [0.3, 0.4) is 0 Å². The Morgan fingerprint density at radius 2 is 1.67 bits per heavy atom. The highest BCUT2D eigenvalue weighted by Gasteiger charge is 2.49. The van der Waals surface area contributed by atoms with Crippen LogP contribution in [-0.4, -0.2) is 47.3 Å². The molecule has 4 fully saturated rings. The molecule has 0 aromatic heterocycles. The molecule has 3 aliphatic carbocycles. The van der Waals surface area contributed by atoms with E-state index in [1.165, 1.54) is 37.8 Å². The molecule has 2 bridgehead atoms. The molecule has 126 valence electrons. The monoisotopic (exact) mass is 327 g/mol. The van der Waals surface area contributed by atoms with Crippen molar-refractivity contribution in [3.05, 3.63) is 29.3 Å². The molecule has 0 radical (unpaired) electrons. The zero-order chi connectivity index (χ0) is 16.8. The standard InChI is InChI=1S/C18H22BNO4/c21-10-14-7-13(5-6-17(14)19(23)24)18(22)20-8-15-11-1-2-12(4-3-11)16(15)9-20/h5-7,10-12,15-16,23-24H,1-4,8-9H2. The van der Waals surface area contributed by atoms with E-state index in [1.807, 2.05) is 4.90 Å². The zero-order valence-electron chi connectivity index (χ0n) is 13.6. The molecule has 24 heavy (non-hydrogen) atoms. The summed E-state index contributed by atoms with van der Waals surface area (Å²) in [5.74, 6) is 2.78. The fourth-order valence-corrected chi connectivity index (χ4v) is 5.25. The zero-order valence-corrected chi connectivity index (χ0v) is 13.6. The van der Waals surface area contributed by atoms with Gasteiger partial charge in [-0.3, -0.25) is 9.59 Å². The normalized spacial score (nSPS) is 31.0. The van der Waals surface area contributed by atoms with Gasteiger partial charge in [-0.15, -0.1) is 0 Å². The van der Waals surface area contributed by atoms with Crippen molar-refractivity contribution >= 4 is 24.8 Å². The molecule has 1 saturated heterocycles. The summed E-state index contributed by atoms with van der Waals surface area (Å²) in [6.45, 7) is 1.65. The van der Waals surface area contributed by atoms with Crippen molar-refractivity contribution in [3.8, 4) is 0 Å². The minimum Gasteiger partial charge on any atom is -0.423 e. The second-order valence-electron chi connectivity index (χ2n) is 7.55. The number of rotatable bonds is 3. The highest BCUT2D eigenvalue weighted by molar-refractivity contribution is 6.60. The number of hydrogen-bond acceptors (Lipinski definition) is 4. The minimum atomic E-state index is -1.71. The largest absolute Gasteiger partial charge is 0.489 e. The summed E-state index contributed by atoms with van der Waals surface area (Å²) in [6, 6.07) is 4.51. The van der Waals surface area contributed by atoms with Gasteiger partial charge in [0, 0.05) is 24.2 Å². The maximum absolute atomic E-state index is 12.9. The molecular formula is C18H22BNO4. The molecule has 5 nitrogen and oxygen atoms in total. The first-order chi connectivity index (χ1) is 11.6. The van der Waals surface area contributed by atoms with Gasteiger partial charge >= 0.3 is 7.12 Å². The van der Waals surface area contributed by atoms with E-state index >= 15 is 0 Å². The van der Waals surface area contributed by atoms with E-state index in [2.05, 4.69) is 0 Å². The Bertz CT molecular complexity index is 649. The molecule has 1 aromatic carbocycles. The van der Waals surface area contributed by atoms with Gasteiger partial charge < -0.3 is 14.9 Å². The first-order valence-corrected chi connectivity index (χ1v) is 8.83. The van der Waals surface area contributed by atoms with Gasteiger partial charge in [0.2, 0.25) is 0 Å². The maximum atomic E-state index is 12.9. The van der Waals surface area contributed by atoms with Gasteiger partial charge in [0.05, 0.1) is 0 Å². The molecule has 1 heterocycles. The third kappa shape index (κ3) is 2.49. The molecule has 1 aromatic rings. The number of likely N-dealkylation sites (tertiary alicyclic amines) is 1. The summed E-state index contributed by atoms with van der Waals surface area (Å²) in [6.07, 6.45) is 5.81. The SMILES string of the molecule is O=Cc1cc(C(=O)N2CC3C4CCC(CC4)C3C2)ccc1B(O)O. The molecule has 2 atom stereocenters. The summed E-state index contributed by atoms with van der Waals surface area (Å²) in [7, 11) is -1.71. The van der Waals surface area contributed by atoms with Gasteiger partial charge in [-0.25, -0.2) is 0 Å². The Labute approximate surface area is 141 Å². The number of carbonyl (C=O) groups excluding carboxylic acids is 2. The predicted octanol–water partition coefficient (Wildman–Crippen LogP) is 0.687. The van der Waals surface area contributed by atoms with Crippen LogP contribution in [0.2, 0.25) is 0 Å². The third-order valence-electron chi connectivity index (χ3n) is 6.47. The smallest absolute Gasteiger partial charge is 0.423 e. The third-order valence-corrected chi connectivity index (χ3v) is 6.47. The van der Waals surface area contributed by atoms with Crippen LogP contribution in [0, 0.1) is 23.7 Å². The Morgan fingerprint density at radius 3 is 2.17 bits per heavy atom. The molecule has 0 spiro atoms. The van der Waals surface area contributed by atoms with E-state index in [1.54, 1.807) is 6.07 Å². The van der Waals surface area contributed by atoms with Crippen LogP contribution in [0.25, 0.3) is 0 Å². The summed E-state index contributed by atoms with van der Waals surface area (Å²) in [5.41, 5.74) is 0.745. The summed E-state index contributed by atoms with van der Waals surface area (Å²) in [5, 5.41) is 18.6. The Hall–Kier alpha value is -1.66. The van der Waals surface area contributed by atoms with E-state index in [0.29, 0.717) is 23.7 Å². The van der Waals surface area contributed by atoms with Gasteiger partial charge in [0.15, 0.2) is 0 Å². The topological polar surface area (TPSA) is 77.8 Å². The minimum absolute atomic E-state index is 0.0501. The molecular weight excluding hydrogens is 305 g/mol. The molecule has 4 aliphatic rings. The molecule has 2 N–H and O–H groups in total. The van der Waals surface area contributed by atoms with Crippen molar-refractivity contribution in [2.75, 3.05) is 13.1 Å². The molecule has 3 saturated carbocycles. The quantitative estimate of drug-likeness (QED) is 0.632. The van der Waals surface area contributed by atoms with Gasteiger partial charge in [-0.05, 0) is 67.0 Å². The van der Waals surface area contributed by atoms with Crippen LogP contribution in [0.4, 0.5) is 0 Å². The van der Waals surface area contributed by atoms with Crippen LogP contribution in [0.15, 0.2) is 18.2 Å². The lowest BCUT2D eigenvalue weighted by molar-refractivity contribution is 0.0577. The molecule has 6 heteroatoms. The fourth-order valence-electron chi connectivity index (χ4n) is 5.25. The van der Waals surface area contributed by atoms with Gasteiger partial charge in [-0.1, -0.05) is 6.07 Å². The number of benzene rings is 1. The van der Waals surface area contributed by atoms with E-state index in [0.717, 1.165) is 24.9 Å². The number of fused-ring (bicyclic) bond motifs is 2. The van der Waals surface area contributed by atoms with Gasteiger partial charge in [0.25, 0.3) is 5.91 Å². The Balaban J connectivity index is 1.55. The average molecular weight is 327 g/mol. The second-order valence-corrected chi connectivity index (χ2v) is 7.55. The van der Waals surface area contributed by atoms with E-state index in [-0.39, 0.29) is 16.9 Å². The van der Waals surface area contributed by atoms with Gasteiger partial charge in [-0.2, -0.15) is 0 Å². The Kier molecular flexibility index (Phi) is 3.97. The number of nitrogens with zero attached hydrogens (tertiary/aromatic N) is 1. The van der Waals surface area contributed by atoms with Crippen LogP contribution in [-0.2, 0) is 0 Å². The van der Waals surface area contributed by atoms with Crippen LogP contribution in [0.5, 0.6) is 0 Å². The number of hydrogen-bond donors (Lipinski definition) is 2. The number of aldehydes is 1. The first-order valence-electron chi connectivity index (χ1n) is 8.83. The van der Waals surface area contributed by atoms with Crippen molar-refractivity contribution in [1.29, 1.82) is 0 Å². The summed E-state index contributed by atoms with van der Waals surface area (Å²) < 4.78 is 0. The van der Waals surface area contributed by atoms with E-state index < -0.39 is 7.12 Å². The maximum Gasteiger partial charge on any atom is 0.489 e. The van der Waals surface area contributed by atoms with Crippen molar-refractivity contribution in [1.82, 2.24) is 4.90 Å². The molecule has 2 unspecified atom stereocenters. The van der Waals surface area contributed by atoms with Crippen LogP contribution < -0.4 is 5.46 Å². The van der Waals surface area contributed by atoms with Crippen molar-refractivity contribution in [3.63, 3.8) is 0 Å². The average Bonchev–Trinajstić information content (AvgIpc) is 3.08. The lowest BCUT2D eigenvalue weighted by Crippen LogP contribution is -2.38. The predicted molar refractivity (Wildman–Crippen MR) is 90.0 cm³/mol. The molecule has 5 rings (SSSR count). The van der Waals surface area contributed by atoms with Crippen molar-refractivity contribution in [2.45, 2.75) is 25.7 Å². The van der Waals surface area contributed by atoms with Gasteiger partial charge in [0.1, 0.15) is 6.29 Å². The van der Waals surface area contributed by atoms with E-state index in [9.17, 15) is 19.6 Å². The summed E-state index contributed by atoms with van der Waals surface area (Å²) >= 11 is 0. The molecule has 1 aliphatic heterocycles. The molecule has 1 amide bonds. The fraction of sp³-hybridized carbons (Fsp3) is 0.556.